The van der Waals surface area contributed by atoms with E-state index in [1.54, 1.807) is 0 Å². The van der Waals surface area contributed by atoms with Gasteiger partial charge in [-0.05, 0) is 55.1 Å². The highest BCUT2D eigenvalue weighted by Crippen LogP contribution is 2.37. The van der Waals surface area contributed by atoms with E-state index in [4.69, 9.17) is 4.74 Å². The average molecular weight is 323 g/mol. The number of rotatable bonds is 3. The maximum atomic E-state index is 10.8. The number of fused-ring (bicyclic) bond motifs is 2. The van der Waals surface area contributed by atoms with Crippen LogP contribution in [0.1, 0.15) is 41.5 Å². The number of benzene rings is 2. The lowest BCUT2D eigenvalue weighted by Crippen LogP contribution is -2.31. The molecule has 1 fully saturated rings. The Morgan fingerprint density at radius 2 is 1.75 bits per heavy atom. The zero-order valence-electron chi connectivity index (χ0n) is 14.1. The Morgan fingerprint density at radius 3 is 2.58 bits per heavy atom. The molecule has 3 heteroatoms. The van der Waals surface area contributed by atoms with Gasteiger partial charge in [0.25, 0.3) is 0 Å². The van der Waals surface area contributed by atoms with Crippen LogP contribution in [0.15, 0.2) is 36.4 Å². The second-order valence-electron chi connectivity index (χ2n) is 6.94. The normalized spacial score (nSPS) is 17.5. The molecule has 0 radical (unpaired) electrons. The molecular weight excluding hydrogens is 298 g/mol. The molecule has 1 saturated heterocycles. The molecule has 24 heavy (non-hydrogen) atoms. The van der Waals surface area contributed by atoms with Gasteiger partial charge in [0.2, 0.25) is 0 Å². The van der Waals surface area contributed by atoms with Gasteiger partial charge < -0.3 is 14.7 Å². The van der Waals surface area contributed by atoms with Crippen molar-refractivity contribution in [2.45, 2.75) is 38.7 Å². The van der Waals surface area contributed by atoms with E-state index in [2.05, 4.69) is 23.1 Å². The van der Waals surface area contributed by atoms with Crippen molar-refractivity contribution in [1.29, 1.82) is 0 Å². The topological polar surface area (TPSA) is 32.7 Å². The number of likely N-dealkylation sites (tertiary alicyclic amines) is 1. The summed E-state index contributed by atoms with van der Waals surface area (Å²) in [6.45, 7) is 4.00. The standard InChI is InChI=1S/C21H25NO2/c23-21-16(10-13-22-11-4-1-5-12-22)8-9-20-19(21)14-17-6-2-3-7-18(17)15-24-20/h2-3,6-9,23H,1,4-5,10-15H2. The highest BCUT2D eigenvalue weighted by atomic mass is 16.5. The first-order valence-electron chi connectivity index (χ1n) is 9.07. The molecule has 0 atom stereocenters. The van der Waals surface area contributed by atoms with E-state index in [1.165, 1.54) is 43.5 Å². The number of hydrogen-bond donors (Lipinski definition) is 1. The van der Waals surface area contributed by atoms with Gasteiger partial charge in [0.05, 0.1) is 0 Å². The van der Waals surface area contributed by atoms with E-state index in [0.29, 0.717) is 12.4 Å². The Labute approximate surface area is 143 Å². The SMILES string of the molecule is Oc1c(CCN2CCCCC2)ccc2c1Cc1ccccc1CO2. The van der Waals surface area contributed by atoms with Crippen LogP contribution in [-0.4, -0.2) is 29.6 Å². The first-order valence-corrected chi connectivity index (χ1v) is 9.07. The van der Waals surface area contributed by atoms with Gasteiger partial charge >= 0.3 is 0 Å². The molecule has 0 aromatic heterocycles. The lowest BCUT2D eigenvalue weighted by atomic mass is 9.97. The molecule has 0 unspecified atom stereocenters. The summed E-state index contributed by atoms with van der Waals surface area (Å²) < 4.78 is 5.93. The van der Waals surface area contributed by atoms with Crippen LogP contribution >= 0.6 is 0 Å². The van der Waals surface area contributed by atoms with E-state index in [1.807, 2.05) is 18.2 Å². The Morgan fingerprint density at radius 1 is 0.958 bits per heavy atom. The fourth-order valence-corrected chi connectivity index (χ4v) is 3.85. The van der Waals surface area contributed by atoms with Crippen molar-refractivity contribution in [3.05, 3.63) is 58.7 Å². The first-order chi connectivity index (χ1) is 11.8. The summed E-state index contributed by atoms with van der Waals surface area (Å²) in [5.74, 6) is 1.26. The van der Waals surface area contributed by atoms with E-state index >= 15 is 0 Å². The van der Waals surface area contributed by atoms with E-state index in [-0.39, 0.29) is 0 Å². The Balaban J connectivity index is 1.55. The molecule has 2 aliphatic rings. The highest BCUT2D eigenvalue weighted by Gasteiger charge is 2.20. The van der Waals surface area contributed by atoms with Crippen molar-refractivity contribution >= 4 is 0 Å². The predicted molar refractivity (Wildman–Crippen MR) is 95.7 cm³/mol. The smallest absolute Gasteiger partial charge is 0.127 e. The fraction of sp³-hybridized carbons (Fsp3) is 0.429. The van der Waals surface area contributed by atoms with E-state index < -0.39 is 0 Å². The van der Waals surface area contributed by atoms with Crippen molar-refractivity contribution in [3.63, 3.8) is 0 Å². The Kier molecular flexibility index (Phi) is 4.44. The third-order valence-electron chi connectivity index (χ3n) is 5.34. The summed E-state index contributed by atoms with van der Waals surface area (Å²) in [7, 11) is 0. The maximum absolute atomic E-state index is 10.8. The summed E-state index contributed by atoms with van der Waals surface area (Å²) in [5, 5.41) is 10.8. The molecule has 2 aliphatic heterocycles. The molecule has 0 bridgehead atoms. The maximum Gasteiger partial charge on any atom is 0.127 e. The van der Waals surface area contributed by atoms with Gasteiger partial charge in [-0.2, -0.15) is 0 Å². The van der Waals surface area contributed by atoms with E-state index in [0.717, 1.165) is 36.3 Å². The average Bonchev–Trinajstić information content (AvgIpc) is 2.82. The third-order valence-corrected chi connectivity index (χ3v) is 5.34. The summed E-state index contributed by atoms with van der Waals surface area (Å²) >= 11 is 0. The lowest BCUT2D eigenvalue weighted by molar-refractivity contribution is 0.231. The molecule has 2 heterocycles. The molecule has 0 spiro atoms. The third kappa shape index (κ3) is 3.13. The summed E-state index contributed by atoms with van der Waals surface area (Å²) in [6, 6.07) is 12.4. The van der Waals surface area contributed by atoms with Crippen molar-refractivity contribution in [3.8, 4) is 11.5 Å². The van der Waals surface area contributed by atoms with Crippen LogP contribution in [0, 0.1) is 0 Å². The van der Waals surface area contributed by atoms with Gasteiger partial charge in [0.15, 0.2) is 0 Å². The van der Waals surface area contributed by atoms with E-state index in [9.17, 15) is 5.11 Å². The molecule has 0 aliphatic carbocycles. The second kappa shape index (κ2) is 6.86. The van der Waals surface area contributed by atoms with Gasteiger partial charge in [0, 0.05) is 18.5 Å². The zero-order valence-corrected chi connectivity index (χ0v) is 14.1. The number of phenolic OH excluding ortho intramolecular Hbond substituents is 1. The number of hydrogen-bond acceptors (Lipinski definition) is 3. The molecule has 2 aromatic carbocycles. The Bertz CT molecular complexity index is 720. The van der Waals surface area contributed by atoms with Gasteiger partial charge in [-0.15, -0.1) is 0 Å². The number of nitrogens with zero attached hydrogens (tertiary/aromatic N) is 1. The minimum atomic E-state index is 0.432. The van der Waals surface area contributed by atoms with Crippen LogP contribution in [0.5, 0.6) is 11.5 Å². The molecule has 4 rings (SSSR count). The van der Waals surface area contributed by atoms with Crippen LogP contribution < -0.4 is 4.74 Å². The van der Waals surface area contributed by atoms with Gasteiger partial charge in [-0.25, -0.2) is 0 Å². The minimum absolute atomic E-state index is 0.432. The minimum Gasteiger partial charge on any atom is -0.507 e. The summed E-state index contributed by atoms with van der Waals surface area (Å²) in [5.41, 5.74) is 4.45. The van der Waals surface area contributed by atoms with Crippen molar-refractivity contribution in [1.82, 2.24) is 4.90 Å². The highest BCUT2D eigenvalue weighted by molar-refractivity contribution is 5.53. The molecule has 0 saturated carbocycles. The van der Waals surface area contributed by atoms with Crippen LogP contribution in [0.3, 0.4) is 0 Å². The molecule has 2 aromatic rings. The number of ether oxygens (including phenoxy) is 1. The summed E-state index contributed by atoms with van der Waals surface area (Å²) in [6.07, 6.45) is 5.62. The van der Waals surface area contributed by atoms with Gasteiger partial charge in [0.1, 0.15) is 18.1 Å². The van der Waals surface area contributed by atoms with Crippen molar-refractivity contribution < 1.29 is 9.84 Å². The summed E-state index contributed by atoms with van der Waals surface area (Å²) in [4.78, 5) is 2.51. The van der Waals surface area contributed by atoms with Crippen LogP contribution in [-0.2, 0) is 19.4 Å². The largest absolute Gasteiger partial charge is 0.507 e. The number of piperidine rings is 1. The lowest BCUT2D eigenvalue weighted by Gasteiger charge is -2.26. The van der Waals surface area contributed by atoms with Gasteiger partial charge in [-0.3, -0.25) is 0 Å². The van der Waals surface area contributed by atoms with Crippen LogP contribution in [0.2, 0.25) is 0 Å². The molecule has 0 amide bonds. The number of phenols is 1. The van der Waals surface area contributed by atoms with Crippen molar-refractivity contribution in [2.24, 2.45) is 0 Å². The van der Waals surface area contributed by atoms with Crippen LogP contribution in [0.4, 0.5) is 0 Å². The van der Waals surface area contributed by atoms with Gasteiger partial charge in [-0.1, -0.05) is 36.8 Å². The molecule has 1 N–H and O–H groups in total. The number of aromatic hydroxyl groups is 1. The quantitative estimate of drug-likeness (QED) is 0.930. The second-order valence-corrected chi connectivity index (χ2v) is 6.94. The fourth-order valence-electron chi connectivity index (χ4n) is 3.85. The molecular formula is C21H25NO2. The first kappa shape index (κ1) is 15.5. The molecule has 3 nitrogen and oxygen atoms in total. The molecule has 126 valence electrons. The monoisotopic (exact) mass is 323 g/mol. The zero-order chi connectivity index (χ0) is 16.4. The predicted octanol–water partition coefficient (Wildman–Crippen LogP) is 3.90. The van der Waals surface area contributed by atoms with Crippen molar-refractivity contribution in [2.75, 3.05) is 19.6 Å². The Hall–Kier alpha value is -2.00. The van der Waals surface area contributed by atoms with Crippen LogP contribution in [0.25, 0.3) is 0 Å².